The van der Waals surface area contributed by atoms with Crippen molar-refractivity contribution in [3.05, 3.63) is 182 Å². The Labute approximate surface area is 331 Å². The lowest BCUT2D eigenvalue weighted by Gasteiger charge is -2.15. The fraction of sp³-hybridized carbons (Fsp3) is 0. The Balaban J connectivity index is 1.19. The van der Waals surface area contributed by atoms with E-state index in [0.29, 0.717) is 5.95 Å². The molecule has 0 amide bonds. The Morgan fingerprint density at radius 1 is 0.345 bits per heavy atom. The Kier molecular flexibility index (Phi) is 5.73. The molecule has 10 aromatic carbocycles. The van der Waals surface area contributed by atoms with E-state index in [1.54, 1.807) is 0 Å². The highest BCUT2D eigenvalue weighted by Gasteiger charge is 2.28. The Morgan fingerprint density at radius 2 is 1.02 bits per heavy atom. The first-order valence-corrected chi connectivity index (χ1v) is 19.9. The van der Waals surface area contributed by atoms with E-state index in [0.717, 1.165) is 44.4 Å². The number of fused-ring (bicyclic) bond motifs is 11. The number of para-hydroxylation sites is 3. The second-order valence-electron chi connectivity index (χ2n) is 15.7. The molecule has 13 aromatic rings. The average molecular weight is 735 g/mol. The molecule has 0 aliphatic heterocycles. The molecular formula is C54H30N4. The molecular weight excluding hydrogens is 705 g/mol. The molecule has 4 heteroatoms. The van der Waals surface area contributed by atoms with Crippen LogP contribution in [0.5, 0.6) is 0 Å². The van der Waals surface area contributed by atoms with Crippen molar-refractivity contribution in [2.24, 2.45) is 0 Å². The van der Waals surface area contributed by atoms with Gasteiger partial charge in [0, 0.05) is 49.1 Å². The van der Waals surface area contributed by atoms with Crippen LogP contribution in [-0.4, -0.2) is 19.1 Å². The van der Waals surface area contributed by atoms with Gasteiger partial charge in [0.1, 0.15) is 0 Å². The van der Waals surface area contributed by atoms with Gasteiger partial charge in [-0.05, 0) is 86.1 Å². The van der Waals surface area contributed by atoms with E-state index in [9.17, 15) is 0 Å². The fourth-order valence-corrected chi connectivity index (χ4v) is 10.5. The molecule has 0 saturated heterocycles. The van der Waals surface area contributed by atoms with E-state index in [-0.39, 0.29) is 0 Å². The predicted molar refractivity (Wildman–Crippen MR) is 242 cm³/mol. The molecule has 0 fully saturated rings. The van der Waals surface area contributed by atoms with Crippen LogP contribution in [0.1, 0.15) is 0 Å². The highest BCUT2D eigenvalue weighted by Crippen LogP contribution is 2.50. The maximum Gasteiger partial charge on any atom is 0.235 e. The summed E-state index contributed by atoms with van der Waals surface area (Å²) in [6.45, 7) is 0. The fourth-order valence-electron chi connectivity index (χ4n) is 10.5. The first-order valence-electron chi connectivity index (χ1n) is 19.9. The molecule has 0 spiro atoms. The van der Waals surface area contributed by atoms with Gasteiger partial charge in [-0.15, -0.1) is 0 Å². The van der Waals surface area contributed by atoms with E-state index in [2.05, 4.69) is 191 Å². The summed E-state index contributed by atoms with van der Waals surface area (Å²) in [5.41, 5.74) is 13.6. The summed E-state index contributed by atoms with van der Waals surface area (Å²) in [4.78, 5) is 11.0. The molecule has 0 saturated carbocycles. The third-order valence-corrected chi connectivity index (χ3v) is 12.8. The van der Waals surface area contributed by atoms with Crippen molar-refractivity contribution < 1.29 is 0 Å². The molecule has 4 nitrogen and oxygen atoms in total. The third-order valence-electron chi connectivity index (χ3n) is 12.8. The zero-order valence-corrected chi connectivity index (χ0v) is 31.1. The molecule has 0 unspecified atom stereocenters. The number of hydrogen-bond acceptors (Lipinski definition) is 2. The maximum absolute atomic E-state index is 5.55. The lowest BCUT2D eigenvalue weighted by Crippen LogP contribution is -2.02. The predicted octanol–water partition coefficient (Wildman–Crippen LogP) is 14.0. The quantitative estimate of drug-likeness (QED) is 0.169. The molecule has 3 aromatic heterocycles. The van der Waals surface area contributed by atoms with Crippen LogP contribution in [0.25, 0.3) is 132 Å². The number of rotatable bonds is 3. The van der Waals surface area contributed by atoms with E-state index in [1.807, 2.05) is 0 Å². The average Bonchev–Trinajstić information content (AvgIpc) is 3.92. The van der Waals surface area contributed by atoms with Crippen LogP contribution in [0.3, 0.4) is 0 Å². The summed E-state index contributed by atoms with van der Waals surface area (Å²) in [5, 5.41) is 13.5. The Morgan fingerprint density at radius 3 is 1.91 bits per heavy atom. The minimum atomic E-state index is 0.684. The largest absolute Gasteiger partial charge is 0.309 e. The SMILES string of the molecule is c1ccc(-n2c3ccccc3c3cccc(-c4cc5c6ccccc6c6c7ccccc7cc7c6c5c(c4)n7-c4nc5c6c(cccc6n4)-c4ccccc4-5)c32)cc1. The van der Waals surface area contributed by atoms with Crippen molar-refractivity contribution in [3.63, 3.8) is 0 Å². The van der Waals surface area contributed by atoms with Gasteiger partial charge in [0.15, 0.2) is 0 Å². The van der Waals surface area contributed by atoms with Crippen molar-refractivity contribution in [2.75, 3.05) is 0 Å². The van der Waals surface area contributed by atoms with Crippen LogP contribution >= 0.6 is 0 Å². The van der Waals surface area contributed by atoms with Crippen LogP contribution in [-0.2, 0) is 0 Å². The van der Waals surface area contributed by atoms with E-state index in [1.165, 1.54) is 81.6 Å². The first-order chi connectivity index (χ1) is 28.8. The topological polar surface area (TPSA) is 35.6 Å². The summed E-state index contributed by atoms with van der Waals surface area (Å²) >= 11 is 0. The van der Waals surface area contributed by atoms with Crippen LogP contribution in [0.15, 0.2) is 182 Å². The molecule has 0 radical (unpaired) electrons. The zero-order chi connectivity index (χ0) is 37.6. The van der Waals surface area contributed by atoms with Gasteiger partial charge in [-0.25, -0.2) is 9.97 Å². The summed E-state index contributed by atoms with van der Waals surface area (Å²) in [7, 11) is 0. The van der Waals surface area contributed by atoms with Crippen molar-refractivity contribution in [1.82, 2.24) is 19.1 Å². The molecule has 0 bridgehead atoms. The summed E-state index contributed by atoms with van der Waals surface area (Å²) < 4.78 is 4.79. The first kappa shape index (κ1) is 30.4. The smallest absolute Gasteiger partial charge is 0.235 e. The van der Waals surface area contributed by atoms with Crippen LogP contribution < -0.4 is 0 Å². The highest BCUT2D eigenvalue weighted by atomic mass is 15.2. The van der Waals surface area contributed by atoms with Gasteiger partial charge in [-0.2, -0.15) is 0 Å². The standard InChI is InChI=1S/C54H30N4/c1-2-15-33(16-3-1)57-45-27-11-10-20-38(45)42-25-12-23-35(53(42)57)32-28-43-37-19-6-8-21-39(37)48-34-17-5-4-14-31(34)29-47-51(48)50(43)46(30-32)58(47)54-55-44-26-13-24-40-36-18-7-9-22-41(36)52(56-54)49(40)44/h1-30H. The summed E-state index contributed by atoms with van der Waals surface area (Å²) in [5.74, 6) is 0.684. The maximum atomic E-state index is 5.55. The lowest BCUT2D eigenvalue weighted by atomic mass is 9.89. The summed E-state index contributed by atoms with van der Waals surface area (Å²) in [6.07, 6.45) is 0. The van der Waals surface area contributed by atoms with Crippen molar-refractivity contribution in [2.45, 2.75) is 0 Å². The van der Waals surface area contributed by atoms with E-state index in [4.69, 9.17) is 9.97 Å². The van der Waals surface area contributed by atoms with E-state index < -0.39 is 0 Å². The normalized spacial score (nSPS) is 12.5. The van der Waals surface area contributed by atoms with Gasteiger partial charge in [-0.3, -0.25) is 4.57 Å². The van der Waals surface area contributed by atoms with E-state index >= 15 is 0 Å². The summed E-state index contributed by atoms with van der Waals surface area (Å²) in [6, 6.07) is 66.4. The molecule has 266 valence electrons. The number of benzene rings is 10. The number of aromatic nitrogens is 4. The van der Waals surface area contributed by atoms with Gasteiger partial charge in [-0.1, -0.05) is 140 Å². The second-order valence-corrected chi connectivity index (χ2v) is 15.7. The van der Waals surface area contributed by atoms with Crippen LogP contribution in [0.2, 0.25) is 0 Å². The molecule has 1 aliphatic rings. The van der Waals surface area contributed by atoms with Crippen LogP contribution in [0.4, 0.5) is 0 Å². The van der Waals surface area contributed by atoms with Crippen LogP contribution in [0, 0.1) is 0 Å². The molecule has 58 heavy (non-hydrogen) atoms. The second kappa shape index (κ2) is 10.9. The van der Waals surface area contributed by atoms with Crippen molar-refractivity contribution in [1.29, 1.82) is 0 Å². The molecule has 0 atom stereocenters. The molecule has 3 heterocycles. The van der Waals surface area contributed by atoms with Gasteiger partial charge in [0.25, 0.3) is 0 Å². The zero-order valence-electron chi connectivity index (χ0n) is 31.1. The lowest BCUT2D eigenvalue weighted by molar-refractivity contribution is 1.02. The van der Waals surface area contributed by atoms with Gasteiger partial charge < -0.3 is 4.57 Å². The number of nitrogens with zero attached hydrogens (tertiary/aromatic N) is 4. The van der Waals surface area contributed by atoms with Crippen molar-refractivity contribution >= 4 is 86.8 Å². The third kappa shape index (κ3) is 3.79. The molecule has 14 rings (SSSR count). The monoisotopic (exact) mass is 734 g/mol. The van der Waals surface area contributed by atoms with Gasteiger partial charge >= 0.3 is 0 Å². The highest BCUT2D eigenvalue weighted by molar-refractivity contribution is 6.39. The van der Waals surface area contributed by atoms with Gasteiger partial charge in [0.2, 0.25) is 5.95 Å². The molecule has 0 N–H and O–H groups in total. The Hall–Kier alpha value is -7.82. The molecule has 1 aliphatic carbocycles. The van der Waals surface area contributed by atoms with Crippen molar-refractivity contribution in [3.8, 4) is 45.1 Å². The Bertz CT molecular complexity index is 3910. The minimum absolute atomic E-state index is 0.684. The minimum Gasteiger partial charge on any atom is -0.309 e. The van der Waals surface area contributed by atoms with Gasteiger partial charge in [0.05, 0.1) is 33.3 Å². The number of hydrogen-bond donors (Lipinski definition) is 0.